The first kappa shape index (κ1) is 10.8. The molecule has 0 bridgehead atoms. The topological polar surface area (TPSA) is 34.1 Å². The second kappa shape index (κ2) is 4.49. The van der Waals surface area contributed by atoms with E-state index >= 15 is 0 Å². The molecule has 3 rings (SSSR count). The van der Waals surface area contributed by atoms with E-state index < -0.39 is 0 Å². The van der Waals surface area contributed by atoms with Gasteiger partial charge in [0.1, 0.15) is 0 Å². The maximum atomic E-state index is 5.04. The quantitative estimate of drug-likeness (QED) is 0.805. The number of fused-ring (bicyclic) bond motifs is 1. The van der Waals surface area contributed by atoms with Crippen molar-refractivity contribution in [2.75, 3.05) is 7.11 Å². The Labute approximate surface area is 102 Å². The molecular formula is C14H18N2O. The zero-order valence-corrected chi connectivity index (χ0v) is 10.1. The number of nitrogens with zero attached hydrogens (tertiary/aromatic N) is 1. The lowest BCUT2D eigenvalue weighted by molar-refractivity contribution is 0.162. The van der Waals surface area contributed by atoms with E-state index in [4.69, 9.17) is 4.74 Å². The molecule has 0 spiro atoms. The summed E-state index contributed by atoms with van der Waals surface area (Å²) in [7, 11) is 1.64. The number of hydrogen-bond donors (Lipinski definition) is 1. The van der Waals surface area contributed by atoms with Gasteiger partial charge >= 0.3 is 0 Å². The molecule has 0 amide bonds. The van der Waals surface area contributed by atoms with E-state index in [9.17, 15) is 0 Å². The van der Waals surface area contributed by atoms with Gasteiger partial charge < -0.3 is 10.1 Å². The van der Waals surface area contributed by atoms with E-state index in [-0.39, 0.29) is 0 Å². The zero-order chi connectivity index (χ0) is 11.7. The lowest BCUT2D eigenvalue weighted by Crippen LogP contribution is -2.47. The minimum atomic E-state index is 0.667. The maximum Gasteiger partial charge on any atom is 0.212 e. The molecule has 0 aliphatic heterocycles. The largest absolute Gasteiger partial charge is 0.481 e. The van der Waals surface area contributed by atoms with Gasteiger partial charge in [0.15, 0.2) is 0 Å². The van der Waals surface area contributed by atoms with Crippen molar-refractivity contribution in [3.8, 4) is 5.88 Å². The van der Waals surface area contributed by atoms with Crippen molar-refractivity contribution in [3.05, 3.63) is 36.0 Å². The molecule has 0 saturated heterocycles. The minimum absolute atomic E-state index is 0.667. The van der Waals surface area contributed by atoms with E-state index in [0.717, 1.165) is 18.4 Å². The molecule has 1 fully saturated rings. The molecular weight excluding hydrogens is 212 g/mol. The van der Waals surface area contributed by atoms with Crippen LogP contribution in [0.2, 0.25) is 0 Å². The number of nitrogens with one attached hydrogen (secondary N) is 1. The zero-order valence-electron chi connectivity index (χ0n) is 10.1. The van der Waals surface area contributed by atoms with Gasteiger partial charge in [-0.1, -0.05) is 18.2 Å². The van der Waals surface area contributed by atoms with Crippen LogP contribution in [0.15, 0.2) is 30.5 Å². The third-order valence-electron chi connectivity index (χ3n) is 3.94. The van der Waals surface area contributed by atoms with E-state index in [1.165, 1.54) is 18.4 Å². The third-order valence-corrected chi connectivity index (χ3v) is 3.94. The Kier molecular flexibility index (Phi) is 2.85. The maximum absolute atomic E-state index is 5.04. The van der Waals surface area contributed by atoms with Crippen molar-refractivity contribution < 1.29 is 4.74 Å². The van der Waals surface area contributed by atoms with Crippen molar-refractivity contribution in [1.82, 2.24) is 10.3 Å². The summed E-state index contributed by atoms with van der Waals surface area (Å²) in [5, 5.41) is 3.61. The molecule has 1 heterocycles. The number of aromatic nitrogens is 1. The van der Waals surface area contributed by atoms with Gasteiger partial charge in [-0.2, -0.15) is 0 Å². The summed E-state index contributed by atoms with van der Waals surface area (Å²) in [5.74, 6) is 2.37. The summed E-state index contributed by atoms with van der Waals surface area (Å²) in [6.07, 6.45) is 9.19. The summed E-state index contributed by atoms with van der Waals surface area (Å²) < 4.78 is 5.04. The van der Waals surface area contributed by atoms with Crippen LogP contribution in [0, 0.1) is 11.8 Å². The molecule has 3 heteroatoms. The van der Waals surface area contributed by atoms with Gasteiger partial charge in [-0.05, 0) is 30.2 Å². The Morgan fingerprint density at radius 1 is 1.47 bits per heavy atom. The lowest BCUT2D eigenvalue weighted by Gasteiger charge is -2.40. The molecule has 3 nitrogen and oxygen atoms in total. The van der Waals surface area contributed by atoms with Gasteiger partial charge in [0.25, 0.3) is 0 Å². The molecule has 1 aromatic heterocycles. The molecule has 90 valence electrons. The molecule has 17 heavy (non-hydrogen) atoms. The van der Waals surface area contributed by atoms with Crippen LogP contribution < -0.4 is 10.1 Å². The van der Waals surface area contributed by atoms with E-state index in [2.05, 4.69) is 28.5 Å². The van der Waals surface area contributed by atoms with Crippen molar-refractivity contribution in [2.24, 2.45) is 11.8 Å². The standard InChI is InChI=1S/C14H18N2O/c1-17-14-6-5-10(9-16-14)8-15-13-7-11-3-2-4-12(11)13/h2,4-6,9,11-13,15H,3,7-8H2,1H3. The summed E-state index contributed by atoms with van der Waals surface area (Å²) in [6, 6.07) is 4.65. The van der Waals surface area contributed by atoms with Crippen molar-refractivity contribution in [2.45, 2.75) is 25.4 Å². The first-order valence-corrected chi connectivity index (χ1v) is 6.26. The molecule has 1 N–H and O–H groups in total. The van der Waals surface area contributed by atoms with E-state index in [1.54, 1.807) is 7.11 Å². The highest BCUT2D eigenvalue weighted by Gasteiger charge is 2.40. The van der Waals surface area contributed by atoms with Crippen LogP contribution in [0.25, 0.3) is 0 Å². The number of methoxy groups -OCH3 is 1. The number of pyridine rings is 1. The van der Waals surface area contributed by atoms with Gasteiger partial charge in [0.2, 0.25) is 5.88 Å². The van der Waals surface area contributed by atoms with Crippen LogP contribution in [0.4, 0.5) is 0 Å². The molecule has 3 atom stereocenters. The van der Waals surface area contributed by atoms with Gasteiger partial charge in [-0.3, -0.25) is 0 Å². The molecule has 1 saturated carbocycles. The molecule has 0 radical (unpaired) electrons. The SMILES string of the molecule is COc1ccc(CNC2CC3CC=CC32)cn1. The average Bonchev–Trinajstić information content (AvgIpc) is 2.72. The Morgan fingerprint density at radius 3 is 3.12 bits per heavy atom. The summed E-state index contributed by atoms with van der Waals surface area (Å²) in [4.78, 5) is 4.21. The number of hydrogen-bond acceptors (Lipinski definition) is 3. The van der Waals surface area contributed by atoms with Crippen LogP contribution in [0.1, 0.15) is 18.4 Å². The summed E-state index contributed by atoms with van der Waals surface area (Å²) in [6.45, 7) is 0.902. The van der Waals surface area contributed by atoms with Crippen molar-refractivity contribution >= 4 is 0 Å². The highest BCUT2D eigenvalue weighted by molar-refractivity contribution is 5.18. The number of rotatable bonds is 4. The van der Waals surface area contributed by atoms with Crippen LogP contribution >= 0.6 is 0 Å². The first-order valence-electron chi connectivity index (χ1n) is 6.26. The fourth-order valence-corrected chi connectivity index (χ4v) is 2.83. The van der Waals surface area contributed by atoms with Gasteiger partial charge in [0, 0.05) is 24.8 Å². The molecule has 3 unspecified atom stereocenters. The third kappa shape index (κ3) is 2.07. The second-order valence-electron chi connectivity index (χ2n) is 4.93. The van der Waals surface area contributed by atoms with Crippen LogP contribution in [-0.2, 0) is 6.54 Å². The fraction of sp³-hybridized carbons (Fsp3) is 0.500. The smallest absolute Gasteiger partial charge is 0.212 e. The van der Waals surface area contributed by atoms with Crippen LogP contribution in [-0.4, -0.2) is 18.1 Å². The van der Waals surface area contributed by atoms with E-state index in [1.807, 2.05) is 12.3 Å². The van der Waals surface area contributed by atoms with Crippen LogP contribution in [0.5, 0.6) is 5.88 Å². The molecule has 2 aliphatic rings. The van der Waals surface area contributed by atoms with E-state index in [0.29, 0.717) is 11.9 Å². The van der Waals surface area contributed by atoms with Gasteiger partial charge in [-0.25, -0.2) is 4.98 Å². The Balaban J connectivity index is 1.52. The summed E-state index contributed by atoms with van der Waals surface area (Å²) in [5.41, 5.74) is 1.22. The Morgan fingerprint density at radius 2 is 2.41 bits per heavy atom. The van der Waals surface area contributed by atoms with Gasteiger partial charge in [-0.15, -0.1) is 0 Å². The molecule has 2 aliphatic carbocycles. The Hall–Kier alpha value is -1.35. The van der Waals surface area contributed by atoms with Crippen molar-refractivity contribution in [3.63, 3.8) is 0 Å². The lowest BCUT2D eigenvalue weighted by atomic mass is 9.71. The Bertz CT molecular complexity index is 413. The van der Waals surface area contributed by atoms with Crippen molar-refractivity contribution in [1.29, 1.82) is 0 Å². The van der Waals surface area contributed by atoms with Gasteiger partial charge in [0.05, 0.1) is 7.11 Å². The predicted octanol–water partition coefficient (Wildman–Crippen LogP) is 2.14. The highest BCUT2D eigenvalue weighted by atomic mass is 16.5. The highest BCUT2D eigenvalue weighted by Crippen LogP contribution is 2.42. The summed E-state index contributed by atoms with van der Waals surface area (Å²) >= 11 is 0. The predicted molar refractivity (Wildman–Crippen MR) is 66.8 cm³/mol. The molecule has 0 aromatic carbocycles. The first-order chi connectivity index (χ1) is 8.36. The molecule has 1 aromatic rings. The normalized spacial score (nSPS) is 29.8. The van der Waals surface area contributed by atoms with Crippen LogP contribution in [0.3, 0.4) is 0 Å². The minimum Gasteiger partial charge on any atom is -0.481 e. The number of ether oxygens (including phenoxy) is 1. The average molecular weight is 230 g/mol. The monoisotopic (exact) mass is 230 g/mol. The number of allylic oxidation sites excluding steroid dienone is 1. The second-order valence-corrected chi connectivity index (χ2v) is 4.93. The fourth-order valence-electron chi connectivity index (χ4n) is 2.83.